The number of nitrogens with zero attached hydrogens (tertiary/aromatic N) is 2. The molecule has 0 fully saturated rings. The molecule has 0 amide bonds. The van der Waals surface area contributed by atoms with E-state index in [2.05, 4.69) is 211 Å². The van der Waals surface area contributed by atoms with E-state index in [1.54, 1.807) is 0 Å². The Labute approximate surface area is 318 Å². The molecule has 54 heavy (non-hydrogen) atoms. The lowest BCUT2D eigenvalue weighted by Gasteiger charge is -2.42. The van der Waals surface area contributed by atoms with Gasteiger partial charge in [0.25, 0.3) is 6.71 Å². The first-order valence-electron chi connectivity index (χ1n) is 18.8. The Bertz CT molecular complexity index is 2640. The normalized spacial score (nSPS) is 12.8. The molecule has 0 radical (unpaired) electrons. The van der Waals surface area contributed by atoms with Gasteiger partial charge >= 0.3 is 0 Å². The topological polar surface area (TPSA) is 15.7 Å². The molecule has 258 valence electrons. The Morgan fingerprint density at radius 1 is 0.500 bits per heavy atom. The highest BCUT2D eigenvalue weighted by Crippen LogP contribution is 2.47. The Kier molecular flexibility index (Phi) is 7.60. The number of rotatable bonds is 6. The van der Waals surface area contributed by atoms with Crippen LogP contribution in [0.25, 0.3) is 21.9 Å². The second-order valence-corrected chi connectivity index (χ2v) is 20.4. The van der Waals surface area contributed by atoms with Gasteiger partial charge in [0.05, 0.1) is 13.8 Å². The number of ether oxygens (including phenoxy) is 1. The Morgan fingerprint density at radius 3 is 1.72 bits per heavy atom. The van der Waals surface area contributed by atoms with Crippen molar-refractivity contribution >= 4 is 81.3 Å². The molecular weight excluding hydrogens is 671 g/mol. The first-order chi connectivity index (χ1) is 26.4. The number of fused-ring (bicyclic) bond motifs is 6. The summed E-state index contributed by atoms with van der Waals surface area (Å²) >= 11 is 0. The minimum Gasteiger partial charge on any atom is -0.458 e. The third-order valence-electron chi connectivity index (χ3n) is 11.0. The van der Waals surface area contributed by atoms with Crippen molar-refractivity contribution < 1.29 is 4.74 Å². The van der Waals surface area contributed by atoms with Crippen LogP contribution in [0.5, 0.6) is 11.5 Å². The zero-order valence-corrected chi connectivity index (χ0v) is 31.7. The number of benzene rings is 8. The monoisotopic (exact) mass is 710 g/mol. The van der Waals surface area contributed by atoms with Crippen molar-refractivity contribution in [2.75, 3.05) is 9.80 Å². The molecule has 0 aromatic heterocycles. The van der Waals surface area contributed by atoms with Crippen molar-refractivity contribution in [1.29, 1.82) is 0 Å². The smallest absolute Gasteiger partial charge is 0.257 e. The van der Waals surface area contributed by atoms with E-state index in [9.17, 15) is 0 Å². The van der Waals surface area contributed by atoms with Crippen LogP contribution in [0.2, 0.25) is 19.6 Å². The molecule has 0 N–H and O–H groups in total. The van der Waals surface area contributed by atoms with Gasteiger partial charge in [0, 0.05) is 33.8 Å². The van der Waals surface area contributed by atoms with Crippen LogP contribution < -0.4 is 36.1 Å². The van der Waals surface area contributed by atoms with Crippen LogP contribution in [0, 0.1) is 0 Å². The summed E-state index contributed by atoms with van der Waals surface area (Å²) in [7, 11) is -1.78. The first-order valence-corrected chi connectivity index (χ1v) is 22.3. The number of para-hydroxylation sites is 3. The Hall–Kier alpha value is -6.30. The lowest BCUT2D eigenvalue weighted by Crippen LogP contribution is -2.60. The van der Waals surface area contributed by atoms with Crippen molar-refractivity contribution in [2.24, 2.45) is 0 Å². The number of hydrogen-bond acceptors (Lipinski definition) is 3. The van der Waals surface area contributed by atoms with Crippen LogP contribution in [-0.4, -0.2) is 14.8 Å². The van der Waals surface area contributed by atoms with Gasteiger partial charge in [-0.05, 0) is 93.6 Å². The zero-order chi connectivity index (χ0) is 36.4. The van der Waals surface area contributed by atoms with Gasteiger partial charge in [0.15, 0.2) is 0 Å². The standard InChI is InChI=1S/C49H39BN2OSi/c1-54(2,3)39-31-44-49-47(32-39)53-46-29-28-35(34-18-8-4-9-19-34)30-42(46)50(49)48-41-27-17-16-26-40(41)43(33-45(48)52(44)38-24-14-7-15-25-38)51(36-20-10-5-11-21-36)37-22-12-6-13-23-37/h4-33H,1-3H3. The molecule has 10 rings (SSSR count). The van der Waals surface area contributed by atoms with Crippen LogP contribution >= 0.6 is 0 Å². The van der Waals surface area contributed by atoms with Crippen molar-refractivity contribution in [3.05, 3.63) is 182 Å². The Morgan fingerprint density at radius 2 is 1.07 bits per heavy atom. The van der Waals surface area contributed by atoms with Gasteiger partial charge in [-0.2, -0.15) is 0 Å². The van der Waals surface area contributed by atoms with E-state index < -0.39 is 8.07 Å². The van der Waals surface area contributed by atoms with E-state index in [1.807, 2.05) is 0 Å². The van der Waals surface area contributed by atoms with E-state index in [4.69, 9.17) is 4.74 Å². The first kappa shape index (κ1) is 32.4. The van der Waals surface area contributed by atoms with E-state index >= 15 is 0 Å². The molecule has 2 aliphatic rings. The molecule has 8 aromatic carbocycles. The maximum Gasteiger partial charge on any atom is 0.257 e. The summed E-state index contributed by atoms with van der Waals surface area (Å²) in [5, 5.41) is 3.81. The Balaban J connectivity index is 1.34. The molecule has 5 heteroatoms. The van der Waals surface area contributed by atoms with E-state index in [1.165, 1.54) is 54.8 Å². The van der Waals surface area contributed by atoms with Gasteiger partial charge in [-0.15, -0.1) is 0 Å². The second kappa shape index (κ2) is 12.7. The minimum atomic E-state index is -1.78. The van der Waals surface area contributed by atoms with E-state index in [0.29, 0.717) is 0 Å². The molecule has 0 saturated carbocycles. The number of hydrogen-bond donors (Lipinski definition) is 0. The summed E-state index contributed by atoms with van der Waals surface area (Å²) < 4.78 is 7.03. The van der Waals surface area contributed by atoms with Crippen LogP contribution in [-0.2, 0) is 0 Å². The fourth-order valence-corrected chi connectivity index (χ4v) is 9.59. The third-order valence-corrected chi connectivity index (χ3v) is 13.0. The average molecular weight is 711 g/mol. The predicted octanol–water partition coefficient (Wildman–Crippen LogP) is 10.9. The summed E-state index contributed by atoms with van der Waals surface area (Å²) in [5.74, 6) is 1.89. The van der Waals surface area contributed by atoms with Crippen molar-refractivity contribution in [1.82, 2.24) is 0 Å². The van der Waals surface area contributed by atoms with Crippen LogP contribution in [0.1, 0.15) is 0 Å². The van der Waals surface area contributed by atoms with Crippen molar-refractivity contribution in [3.8, 4) is 22.6 Å². The molecule has 0 bridgehead atoms. The van der Waals surface area contributed by atoms with E-state index in [-0.39, 0.29) is 6.71 Å². The molecule has 0 unspecified atom stereocenters. The highest BCUT2D eigenvalue weighted by molar-refractivity contribution is 7.01. The summed E-state index contributed by atoms with van der Waals surface area (Å²) in [6, 6.07) is 66.1. The fourth-order valence-electron chi connectivity index (χ4n) is 8.46. The summed E-state index contributed by atoms with van der Waals surface area (Å²) in [5.41, 5.74) is 13.0. The largest absolute Gasteiger partial charge is 0.458 e. The molecule has 0 spiro atoms. The lowest BCUT2D eigenvalue weighted by molar-refractivity contribution is 0.488. The second-order valence-electron chi connectivity index (χ2n) is 15.4. The number of anilines is 6. The van der Waals surface area contributed by atoms with Gasteiger partial charge in [-0.3, -0.25) is 0 Å². The van der Waals surface area contributed by atoms with Crippen LogP contribution in [0.4, 0.5) is 34.1 Å². The lowest BCUT2D eigenvalue weighted by atomic mass is 9.33. The van der Waals surface area contributed by atoms with Crippen LogP contribution in [0.3, 0.4) is 0 Å². The van der Waals surface area contributed by atoms with Gasteiger partial charge in [-0.1, -0.05) is 146 Å². The minimum absolute atomic E-state index is 0.0473. The summed E-state index contributed by atoms with van der Waals surface area (Å²) in [6.45, 7) is 7.23. The summed E-state index contributed by atoms with van der Waals surface area (Å²) in [4.78, 5) is 4.92. The van der Waals surface area contributed by atoms with Crippen LogP contribution in [0.15, 0.2) is 182 Å². The van der Waals surface area contributed by atoms with Crippen molar-refractivity contribution in [3.63, 3.8) is 0 Å². The summed E-state index contributed by atoms with van der Waals surface area (Å²) in [6.07, 6.45) is 0. The molecular formula is C49H39BN2OSi. The fraction of sp³-hybridized carbons (Fsp3) is 0.0612. The van der Waals surface area contributed by atoms with Gasteiger partial charge in [0.1, 0.15) is 11.5 Å². The highest BCUT2D eigenvalue weighted by Gasteiger charge is 2.44. The SMILES string of the molecule is C[Si](C)(C)c1cc2c3c(c1)N(c1ccccc1)c1cc(N(c4ccccc4)c4ccccc4)c4ccccc4c1B3c1cc(-c3ccccc3)ccc1O2. The van der Waals surface area contributed by atoms with Gasteiger partial charge in [0.2, 0.25) is 0 Å². The molecule has 0 aliphatic carbocycles. The molecule has 2 aliphatic heterocycles. The van der Waals surface area contributed by atoms with E-state index in [0.717, 1.165) is 34.2 Å². The average Bonchev–Trinajstić information content (AvgIpc) is 3.21. The predicted molar refractivity (Wildman–Crippen MR) is 233 cm³/mol. The van der Waals surface area contributed by atoms with Crippen molar-refractivity contribution in [2.45, 2.75) is 19.6 Å². The van der Waals surface area contributed by atoms with Gasteiger partial charge < -0.3 is 14.5 Å². The molecule has 3 nitrogen and oxygen atoms in total. The molecule has 0 saturated heterocycles. The zero-order valence-electron chi connectivity index (χ0n) is 30.7. The molecule has 2 heterocycles. The quantitative estimate of drug-likeness (QED) is 0.160. The highest BCUT2D eigenvalue weighted by atomic mass is 28.3. The maximum atomic E-state index is 7.03. The molecule has 0 atom stereocenters. The third kappa shape index (κ3) is 5.27. The molecule has 8 aromatic rings. The van der Waals surface area contributed by atoms with Gasteiger partial charge in [-0.25, -0.2) is 0 Å². The maximum absolute atomic E-state index is 7.03.